The molecule has 0 bridgehead atoms. The topological polar surface area (TPSA) is 127 Å². The summed E-state index contributed by atoms with van der Waals surface area (Å²) >= 11 is 0. The van der Waals surface area contributed by atoms with Crippen LogP contribution in [0.4, 0.5) is 11.4 Å². The van der Waals surface area contributed by atoms with Crippen LogP contribution in [0, 0.1) is 16.0 Å². The highest BCUT2D eigenvalue weighted by Gasteiger charge is 2.28. The highest BCUT2D eigenvalue weighted by atomic mass is 16.6. The van der Waals surface area contributed by atoms with Crippen LogP contribution in [0.5, 0.6) is 0 Å². The Morgan fingerprint density at radius 3 is 2.43 bits per heavy atom. The molecule has 0 radical (unpaired) electrons. The summed E-state index contributed by atoms with van der Waals surface area (Å²) < 4.78 is 0. The lowest BCUT2D eigenvalue weighted by Gasteiger charge is -2.31. The summed E-state index contributed by atoms with van der Waals surface area (Å²) in [6.45, 7) is 0.778. The Balaban J connectivity index is 2.29. The molecule has 21 heavy (non-hydrogen) atoms. The minimum Gasteiger partial charge on any atom is -0.481 e. The van der Waals surface area contributed by atoms with Crippen LogP contribution in [-0.2, 0) is 4.79 Å². The van der Waals surface area contributed by atoms with Gasteiger partial charge in [0.15, 0.2) is 0 Å². The highest BCUT2D eigenvalue weighted by Crippen LogP contribution is 2.32. The third-order valence-electron chi connectivity index (χ3n) is 3.64. The number of hydrogen-bond donors (Lipinski definition) is 2. The van der Waals surface area contributed by atoms with Crippen molar-refractivity contribution in [3.63, 3.8) is 0 Å². The summed E-state index contributed by atoms with van der Waals surface area (Å²) in [4.78, 5) is 34.4. The van der Waals surface area contributed by atoms with Crippen LogP contribution in [-0.4, -0.2) is 35.0 Å². The van der Waals surface area contributed by atoms with Crippen LogP contribution in [0.1, 0.15) is 23.2 Å². The summed E-state index contributed by atoms with van der Waals surface area (Å²) in [5, 5.41) is 20.1. The molecule has 3 N–H and O–H groups in total. The van der Waals surface area contributed by atoms with Crippen LogP contribution >= 0.6 is 0 Å². The zero-order chi connectivity index (χ0) is 15.6. The largest absolute Gasteiger partial charge is 0.481 e. The second-order valence-electron chi connectivity index (χ2n) is 4.92. The van der Waals surface area contributed by atoms with E-state index in [1.54, 1.807) is 4.90 Å². The van der Waals surface area contributed by atoms with Gasteiger partial charge in [-0.3, -0.25) is 19.7 Å². The molecule has 0 atom stereocenters. The van der Waals surface area contributed by atoms with E-state index in [0.29, 0.717) is 31.6 Å². The molecule has 0 spiro atoms. The number of aliphatic carboxylic acids is 1. The third-order valence-corrected chi connectivity index (χ3v) is 3.64. The number of amides is 1. The van der Waals surface area contributed by atoms with Crippen molar-refractivity contribution in [3.05, 3.63) is 33.9 Å². The molecule has 1 heterocycles. The predicted octanol–water partition coefficient (Wildman–Crippen LogP) is 0.995. The normalized spacial score (nSPS) is 15.7. The first-order valence-corrected chi connectivity index (χ1v) is 6.46. The summed E-state index contributed by atoms with van der Waals surface area (Å²) in [5.74, 6) is -1.94. The second kappa shape index (κ2) is 5.78. The van der Waals surface area contributed by atoms with Crippen molar-refractivity contribution in [2.45, 2.75) is 12.8 Å². The van der Waals surface area contributed by atoms with E-state index >= 15 is 0 Å². The number of rotatable bonds is 4. The smallest absolute Gasteiger partial charge is 0.306 e. The zero-order valence-corrected chi connectivity index (χ0v) is 11.2. The van der Waals surface area contributed by atoms with Gasteiger partial charge in [0.25, 0.3) is 5.69 Å². The van der Waals surface area contributed by atoms with Crippen LogP contribution in [0.25, 0.3) is 0 Å². The number of nitro benzene ring substituents is 1. The molecular weight excluding hydrogens is 278 g/mol. The minimum atomic E-state index is -0.852. The van der Waals surface area contributed by atoms with Crippen molar-refractivity contribution >= 4 is 23.3 Å². The molecule has 0 aromatic heterocycles. The van der Waals surface area contributed by atoms with E-state index in [1.165, 1.54) is 18.2 Å². The van der Waals surface area contributed by atoms with Gasteiger partial charge < -0.3 is 15.7 Å². The standard InChI is InChI=1S/C13H15N3O5/c14-12(17)9-1-2-10(16(20)21)11(7-9)15-5-3-8(4-6-15)13(18)19/h1-2,7-8H,3-6H2,(H2,14,17)(H,18,19). The number of nitrogens with zero attached hydrogens (tertiary/aromatic N) is 2. The van der Waals surface area contributed by atoms with Gasteiger partial charge >= 0.3 is 5.97 Å². The lowest BCUT2D eigenvalue weighted by atomic mass is 9.96. The number of anilines is 1. The molecule has 0 aliphatic carbocycles. The average Bonchev–Trinajstić information content (AvgIpc) is 2.46. The molecule has 112 valence electrons. The molecule has 8 heteroatoms. The summed E-state index contributed by atoms with van der Waals surface area (Å²) in [6.07, 6.45) is 0.820. The molecular formula is C13H15N3O5. The quantitative estimate of drug-likeness (QED) is 0.629. The van der Waals surface area contributed by atoms with Gasteiger partial charge in [0.1, 0.15) is 5.69 Å². The first kappa shape index (κ1) is 14.8. The van der Waals surface area contributed by atoms with Gasteiger partial charge in [-0.25, -0.2) is 0 Å². The Kier molecular flexibility index (Phi) is 4.06. The third kappa shape index (κ3) is 3.10. The predicted molar refractivity (Wildman–Crippen MR) is 74.2 cm³/mol. The summed E-state index contributed by atoms with van der Waals surface area (Å²) in [5.41, 5.74) is 5.57. The average molecular weight is 293 g/mol. The number of carboxylic acids is 1. The maximum absolute atomic E-state index is 11.2. The molecule has 1 aromatic carbocycles. The molecule has 1 fully saturated rings. The maximum atomic E-state index is 11.2. The number of nitrogens with two attached hydrogens (primary N) is 1. The van der Waals surface area contributed by atoms with E-state index in [4.69, 9.17) is 10.8 Å². The van der Waals surface area contributed by atoms with E-state index in [1.807, 2.05) is 0 Å². The number of nitro groups is 1. The van der Waals surface area contributed by atoms with E-state index < -0.39 is 22.7 Å². The van der Waals surface area contributed by atoms with Crippen molar-refractivity contribution in [2.24, 2.45) is 11.7 Å². The van der Waals surface area contributed by atoms with Gasteiger partial charge in [-0.1, -0.05) is 0 Å². The van der Waals surface area contributed by atoms with E-state index in [2.05, 4.69) is 0 Å². The first-order chi connectivity index (χ1) is 9.90. The fourth-order valence-electron chi connectivity index (χ4n) is 2.45. The van der Waals surface area contributed by atoms with Crippen molar-refractivity contribution in [3.8, 4) is 0 Å². The molecule has 1 aliphatic rings. The Morgan fingerprint density at radius 2 is 1.95 bits per heavy atom. The van der Waals surface area contributed by atoms with E-state index in [0.717, 1.165) is 0 Å². The number of carbonyl (C=O) groups is 2. The highest BCUT2D eigenvalue weighted by molar-refractivity contribution is 5.94. The van der Waals surface area contributed by atoms with Gasteiger partial charge in [0.2, 0.25) is 5.91 Å². The molecule has 8 nitrogen and oxygen atoms in total. The summed E-state index contributed by atoms with van der Waals surface area (Å²) in [6, 6.07) is 3.95. The molecule has 2 rings (SSSR count). The molecule has 0 saturated carbocycles. The van der Waals surface area contributed by atoms with Gasteiger partial charge in [-0.15, -0.1) is 0 Å². The molecule has 1 aliphatic heterocycles. The minimum absolute atomic E-state index is 0.117. The Hall–Kier alpha value is -2.64. The lowest BCUT2D eigenvalue weighted by Crippen LogP contribution is -2.36. The fraction of sp³-hybridized carbons (Fsp3) is 0.385. The van der Waals surface area contributed by atoms with Gasteiger partial charge in [0.05, 0.1) is 10.8 Å². The maximum Gasteiger partial charge on any atom is 0.306 e. The van der Waals surface area contributed by atoms with Crippen LogP contribution in [0.3, 0.4) is 0 Å². The van der Waals surface area contributed by atoms with Crippen LogP contribution in [0.15, 0.2) is 18.2 Å². The Morgan fingerprint density at radius 1 is 1.33 bits per heavy atom. The SMILES string of the molecule is NC(=O)c1ccc([N+](=O)[O-])c(N2CCC(C(=O)O)CC2)c1. The number of benzene rings is 1. The van der Waals surface area contributed by atoms with Crippen molar-refractivity contribution in [2.75, 3.05) is 18.0 Å². The number of primary amides is 1. The van der Waals surface area contributed by atoms with Crippen LogP contribution in [0.2, 0.25) is 0 Å². The molecule has 1 aromatic rings. The zero-order valence-electron chi connectivity index (χ0n) is 11.2. The summed E-state index contributed by atoms with van der Waals surface area (Å²) in [7, 11) is 0. The molecule has 0 unspecified atom stereocenters. The first-order valence-electron chi connectivity index (χ1n) is 6.46. The molecule has 1 amide bonds. The number of carboxylic acid groups (broad SMARTS) is 1. The fourth-order valence-corrected chi connectivity index (χ4v) is 2.45. The van der Waals surface area contributed by atoms with Crippen molar-refractivity contribution in [1.82, 2.24) is 0 Å². The van der Waals surface area contributed by atoms with Crippen molar-refractivity contribution < 1.29 is 19.6 Å². The Bertz CT molecular complexity index is 593. The second-order valence-corrected chi connectivity index (χ2v) is 4.92. The van der Waals surface area contributed by atoms with E-state index in [-0.39, 0.29) is 11.3 Å². The number of carbonyl (C=O) groups excluding carboxylic acids is 1. The van der Waals surface area contributed by atoms with E-state index in [9.17, 15) is 19.7 Å². The number of piperidine rings is 1. The monoisotopic (exact) mass is 293 g/mol. The lowest BCUT2D eigenvalue weighted by molar-refractivity contribution is -0.384. The van der Waals surface area contributed by atoms with Crippen LogP contribution < -0.4 is 10.6 Å². The van der Waals surface area contributed by atoms with Gasteiger partial charge in [-0.2, -0.15) is 0 Å². The van der Waals surface area contributed by atoms with Crippen molar-refractivity contribution in [1.29, 1.82) is 0 Å². The Labute approximate surface area is 120 Å². The molecule has 1 saturated heterocycles. The van der Waals surface area contributed by atoms with Gasteiger partial charge in [-0.05, 0) is 25.0 Å². The van der Waals surface area contributed by atoms with Gasteiger partial charge in [0, 0.05) is 24.7 Å². The number of hydrogen-bond acceptors (Lipinski definition) is 5.